The van der Waals surface area contributed by atoms with Crippen LogP contribution < -0.4 is 10.0 Å². The Morgan fingerprint density at radius 1 is 1.12 bits per heavy atom. The zero-order chi connectivity index (χ0) is 17.7. The van der Waals surface area contributed by atoms with Gasteiger partial charge in [-0.1, -0.05) is 25.3 Å². The Kier molecular flexibility index (Phi) is 5.55. The van der Waals surface area contributed by atoms with E-state index in [0.717, 1.165) is 25.7 Å². The van der Waals surface area contributed by atoms with Crippen LogP contribution in [0.1, 0.15) is 37.9 Å². The van der Waals surface area contributed by atoms with Crippen LogP contribution in [-0.2, 0) is 21.4 Å². The van der Waals surface area contributed by atoms with E-state index >= 15 is 0 Å². The standard InChI is InChI=1S/C18H22N2O4S/c21-18(14-6-2-1-3-7-14)20-15-8-4-10-17(12-15)25(22,23)19-13-16-9-5-11-24-16/h4-5,8-12,14,19H,1-3,6-7,13H2,(H,20,21). The van der Waals surface area contributed by atoms with Crippen LogP contribution in [0.4, 0.5) is 5.69 Å². The average Bonchev–Trinajstić information content (AvgIpc) is 3.15. The van der Waals surface area contributed by atoms with Gasteiger partial charge < -0.3 is 9.73 Å². The summed E-state index contributed by atoms with van der Waals surface area (Å²) in [6.45, 7) is 0.0774. The summed E-state index contributed by atoms with van der Waals surface area (Å²) in [4.78, 5) is 12.4. The van der Waals surface area contributed by atoms with Crippen molar-refractivity contribution < 1.29 is 17.6 Å². The Hall–Kier alpha value is -2.12. The van der Waals surface area contributed by atoms with Crippen LogP contribution in [0.25, 0.3) is 0 Å². The molecule has 1 amide bonds. The van der Waals surface area contributed by atoms with E-state index in [9.17, 15) is 13.2 Å². The zero-order valence-electron chi connectivity index (χ0n) is 13.9. The Bertz CT molecular complexity index is 809. The van der Waals surface area contributed by atoms with Gasteiger partial charge in [-0.05, 0) is 43.2 Å². The third-order valence-corrected chi connectivity index (χ3v) is 5.80. The number of sulfonamides is 1. The summed E-state index contributed by atoms with van der Waals surface area (Å²) in [6.07, 6.45) is 6.61. The van der Waals surface area contributed by atoms with Crippen molar-refractivity contribution in [2.75, 3.05) is 5.32 Å². The molecule has 0 spiro atoms. The summed E-state index contributed by atoms with van der Waals surface area (Å²) in [7, 11) is -3.68. The van der Waals surface area contributed by atoms with Gasteiger partial charge in [-0.3, -0.25) is 4.79 Å². The number of hydrogen-bond donors (Lipinski definition) is 2. The topological polar surface area (TPSA) is 88.4 Å². The van der Waals surface area contributed by atoms with Gasteiger partial charge in [-0.2, -0.15) is 0 Å². The van der Waals surface area contributed by atoms with E-state index in [0.29, 0.717) is 11.4 Å². The highest BCUT2D eigenvalue weighted by Gasteiger charge is 2.22. The van der Waals surface area contributed by atoms with Gasteiger partial charge in [-0.25, -0.2) is 13.1 Å². The van der Waals surface area contributed by atoms with E-state index in [1.54, 1.807) is 24.3 Å². The molecule has 25 heavy (non-hydrogen) atoms. The summed E-state index contributed by atoms with van der Waals surface area (Å²) in [5.41, 5.74) is 0.497. The summed E-state index contributed by atoms with van der Waals surface area (Å²) in [5.74, 6) is 0.522. The van der Waals surface area contributed by atoms with Crippen LogP contribution in [0.2, 0.25) is 0 Å². The maximum atomic E-state index is 12.4. The van der Waals surface area contributed by atoms with Crippen LogP contribution >= 0.6 is 0 Å². The number of carbonyl (C=O) groups is 1. The monoisotopic (exact) mass is 362 g/mol. The first-order valence-electron chi connectivity index (χ1n) is 8.47. The molecule has 1 aromatic carbocycles. The van der Waals surface area contributed by atoms with Crippen molar-refractivity contribution in [3.8, 4) is 0 Å². The minimum Gasteiger partial charge on any atom is -0.468 e. The fourth-order valence-electron chi connectivity index (χ4n) is 3.01. The molecule has 1 saturated carbocycles. The lowest BCUT2D eigenvalue weighted by Gasteiger charge is -2.20. The zero-order valence-corrected chi connectivity index (χ0v) is 14.7. The van der Waals surface area contributed by atoms with Crippen molar-refractivity contribution in [2.24, 2.45) is 5.92 Å². The Labute approximate surface area is 147 Å². The number of carbonyl (C=O) groups excluding carboxylic acids is 1. The lowest BCUT2D eigenvalue weighted by Crippen LogP contribution is -2.25. The van der Waals surface area contributed by atoms with Gasteiger partial charge in [0.05, 0.1) is 17.7 Å². The molecule has 0 unspecified atom stereocenters. The molecule has 2 N–H and O–H groups in total. The maximum Gasteiger partial charge on any atom is 0.241 e. The molecule has 1 fully saturated rings. The highest BCUT2D eigenvalue weighted by molar-refractivity contribution is 7.89. The van der Waals surface area contributed by atoms with E-state index in [1.165, 1.54) is 24.8 Å². The van der Waals surface area contributed by atoms with Crippen LogP contribution in [0.15, 0.2) is 52.0 Å². The van der Waals surface area contributed by atoms with Crippen LogP contribution in [-0.4, -0.2) is 14.3 Å². The molecule has 1 aliphatic rings. The predicted molar refractivity (Wildman–Crippen MR) is 94.4 cm³/mol. The first kappa shape index (κ1) is 17.7. The molecule has 2 aromatic rings. The molecule has 1 aliphatic carbocycles. The van der Waals surface area contributed by atoms with Crippen molar-refractivity contribution >= 4 is 21.6 Å². The van der Waals surface area contributed by atoms with Gasteiger partial charge in [0, 0.05) is 11.6 Å². The third kappa shape index (κ3) is 4.70. The maximum absolute atomic E-state index is 12.4. The van der Waals surface area contributed by atoms with Crippen LogP contribution in [0.3, 0.4) is 0 Å². The highest BCUT2D eigenvalue weighted by atomic mass is 32.2. The van der Waals surface area contributed by atoms with E-state index in [2.05, 4.69) is 10.0 Å². The lowest BCUT2D eigenvalue weighted by molar-refractivity contribution is -0.120. The van der Waals surface area contributed by atoms with Gasteiger partial charge >= 0.3 is 0 Å². The van der Waals surface area contributed by atoms with Crippen molar-refractivity contribution in [3.05, 3.63) is 48.4 Å². The summed E-state index contributed by atoms with van der Waals surface area (Å²) >= 11 is 0. The molecule has 1 heterocycles. The molecule has 6 nitrogen and oxygen atoms in total. The smallest absolute Gasteiger partial charge is 0.241 e. The SMILES string of the molecule is O=C(Nc1cccc(S(=O)(=O)NCc2ccco2)c1)C1CCCCC1. The number of nitrogens with one attached hydrogen (secondary N) is 2. The Morgan fingerprint density at radius 2 is 1.92 bits per heavy atom. The summed E-state index contributed by atoms with van der Waals surface area (Å²) < 4.78 is 32.4. The number of hydrogen-bond acceptors (Lipinski definition) is 4. The Balaban J connectivity index is 1.66. The van der Waals surface area contributed by atoms with Gasteiger partial charge in [0.2, 0.25) is 15.9 Å². The first-order chi connectivity index (χ1) is 12.0. The largest absolute Gasteiger partial charge is 0.468 e. The lowest BCUT2D eigenvalue weighted by atomic mass is 9.88. The molecule has 134 valence electrons. The van der Waals surface area contributed by atoms with Gasteiger partial charge in [-0.15, -0.1) is 0 Å². The number of rotatable bonds is 6. The molecule has 0 saturated heterocycles. The molecular weight excluding hydrogens is 340 g/mol. The average molecular weight is 362 g/mol. The quantitative estimate of drug-likeness (QED) is 0.825. The van der Waals surface area contributed by atoms with Crippen molar-refractivity contribution in [1.82, 2.24) is 4.72 Å². The minimum absolute atomic E-state index is 0.0195. The van der Waals surface area contributed by atoms with Gasteiger partial charge in [0.25, 0.3) is 0 Å². The van der Waals surface area contributed by atoms with Crippen LogP contribution in [0, 0.1) is 5.92 Å². The summed E-state index contributed by atoms with van der Waals surface area (Å²) in [5, 5.41) is 2.84. The fraction of sp³-hybridized carbons (Fsp3) is 0.389. The fourth-order valence-corrected chi connectivity index (χ4v) is 4.05. The molecule has 0 bridgehead atoms. The molecule has 3 rings (SSSR count). The highest BCUT2D eigenvalue weighted by Crippen LogP contribution is 2.25. The molecule has 7 heteroatoms. The number of furan rings is 1. The number of anilines is 1. The second kappa shape index (κ2) is 7.84. The molecular formula is C18H22N2O4S. The second-order valence-electron chi connectivity index (χ2n) is 6.26. The minimum atomic E-state index is -3.68. The van der Waals surface area contributed by atoms with Gasteiger partial charge in [0.15, 0.2) is 0 Å². The normalized spacial score (nSPS) is 15.8. The van der Waals surface area contributed by atoms with Crippen molar-refractivity contribution in [1.29, 1.82) is 0 Å². The molecule has 1 aromatic heterocycles. The van der Waals surface area contributed by atoms with E-state index in [4.69, 9.17) is 4.42 Å². The number of amides is 1. The Morgan fingerprint density at radius 3 is 2.64 bits per heavy atom. The molecule has 0 aliphatic heterocycles. The van der Waals surface area contributed by atoms with E-state index in [1.807, 2.05) is 0 Å². The first-order valence-corrected chi connectivity index (χ1v) is 9.96. The molecule has 0 atom stereocenters. The van der Waals surface area contributed by atoms with Crippen molar-refractivity contribution in [2.45, 2.75) is 43.5 Å². The van der Waals surface area contributed by atoms with E-state index in [-0.39, 0.29) is 23.3 Å². The van der Waals surface area contributed by atoms with E-state index < -0.39 is 10.0 Å². The van der Waals surface area contributed by atoms with Crippen LogP contribution in [0.5, 0.6) is 0 Å². The second-order valence-corrected chi connectivity index (χ2v) is 8.02. The molecule has 0 radical (unpaired) electrons. The van der Waals surface area contributed by atoms with Crippen molar-refractivity contribution in [3.63, 3.8) is 0 Å². The predicted octanol–water partition coefficient (Wildman–Crippen LogP) is 3.28. The summed E-state index contributed by atoms with van der Waals surface area (Å²) in [6, 6.07) is 9.70. The number of benzene rings is 1. The third-order valence-electron chi connectivity index (χ3n) is 4.40. The van der Waals surface area contributed by atoms with Gasteiger partial charge in [0.1, 0.15) is 5.76 Å².